The van der Waals surface area contributed by atoms with Gasteiger partial charge >= 0.3 is 11.9 Å². The van der Waals surface area contributed by atoms with E-state index in [4.69, 9.17) is 14.9 Å². The van der Waals surface area contributed by atoms with Gasteiger partial charge < -0.3 is 14.9 Å². The fourth-order valence-corrected chi connectivity index (χ4v) is 0.996. The third kappa shape index (κ3) is 3.47. The monoisotopic (exact) mass is 202 g/mol. The van der Waals surface area contributed by atoms with Gasteiger partial charge in [-0.25, -0.2) is 9.59 Å². The molecule has 0 aliphatic heterocycles. The van der Waals surface area contributed by atoms with Gasteiger partial charge in [-0.15, -0.1) is 0 Å². The smallest absolute Gasteiger partial charge is 0.346 e. The first-order valence-electron chi connectivity index (χ1n) is 4.28. The molecule has 0 saturated heterocycles. The molecule has 0 aliphatic rings. The fraction of sp³-hybridized carbons (Fsp3) is 0.556. The molecule has 0 heterocycles. The molecule has 0 bridgehead atoms. The predicted molar refractivity (Wildman–Crippen MR) is 48.8 cm³/mol. The number of hydrogen-bond acceptors (Lipinski definition) is 3. The highest BCUT2D eigenvalue weighted by Crippen LogP contribution is 2.14. The Morgan fingerprint density at radius 1 is 1.21 bits per heavy atom. The van der Waals surface area contributed by atoms with E-state index in [-0.39, 0.29) is 5.76 Å². The Labute approximate surface area is 82.0 Å². The molecule has 0 radical (unpaired) electrons. The molecular formula is C9H14O5. The van der Waals surface area contributed by atoms with Gasteiger partial charge in [0.2, 0.25) is 0 Å². The van der Waals surface area contributed by atoms with Gasteiger partial charge in [-0.3, -0.25) is 0 Å². The standard InChI is InChI=1S/C9H14O5/c1-3-4-5-6(14-2)7(8(10)11)9(12)13/h3-5H2,1-2H3,(H,10,11)(H,12,13). The quantitative estimate of drug-likeness (QED) is 0.293. The Morgan fingerprint density at radius 2 is 1.71 bits per heavy atom. The van der Waals surface area contributed by atoms with E-state index >= 15 is 0 Å². The third-order valence-electron chi connectivity index (χ3n) is 1.71. The summed E-state index contributed by atoms with van der Waals surface area (Å²) in [5.74, 6) is -2.91. The van der Waals surface area contributed by atoms with Crippen LogP contribution in [0.3, 0.4) is 0 Å². The Bertz CT molecular complexity index is 238. The van der Waals surface area contributed by atoms with Crippen LogP contribution in [-0.4, -0.2) is 29.3 Å². The van der Waals surface area contributed by atoms with Gasteiger partial charge in [0.25, 0.3) is 0 Å². The molecule has 0 atom stereocenters. The number of aliphatic carboxylic acids is 2. The molecule has 0 amide bonds. The van der Waals surface area contributed by atoms with E-state index in [0.717, 1.165) is 6.42 Å². The van der Waals surface area contributed by atoms with Crippen LogP contribution >= 0.6 is 0 Å². The van der Waals surface area contributed by atoms with Crippen molar-refractivity contribution < 1.29 is 24.5 Å². The SMILES string of the molecule is CCCCC(OC)=C(C(=O)O)C(=O)O. The summed E-state index contributed by atoms with van der Waals surface area (Å²) in [6, 6.07) is 0. The normalized spacial score (nSPS) is 9.29. The van der Waals surface area contributed by atoms with Gasteiger partial charge in [-0.1, -0.05) is 13.3 Å². The molecule has 80 valence electrons. The Kier molecular flexibility index (Phi) is 5.36. The molecule has 0 aromatic heterocycles. The van der Waals surface area contributed by atoms with E-state index in [9.17, 15) is 9.59 Å². The van der Waals surface area contributed by atoms with Crippen LogP contribution in [0.25, 0.3) is 0 Å². The second-order valence-corrected chi connectivity index (χ2v) is 2.72. The molecule has 5 heteroatoms. The summed E-state index contributed by atoms with van der Waals surface area (Å²) in [5.41, 5.74) is -0.680. The van der Waals surface area contributed by atoms with Crippen LogP contribution in [-0.2, 0) is 14.3 Å². The largest absolute Gasteiger partial charge is 0.500 e. The van der Waals surface area contributed by atoms with Crippen LogP contribution in [0, 0.1) is 0 Å². The summed E-state index contributed by atoms with van der Waals surface area (Å²) in [5, 5.41) is 17.3. The van der Waals surface area contributed by atoms with Gasteiger partial charge in [-0.2, -0.15) is 0 Å². The predicted octanol–water partition coefficient (Wildman–Crippen LogP) is 1.25. The lowest BCUT2D eigenvalue weighted by Gasteiger charge is -2.07. The number of methoxy groups -OCH3 is 1. The lowest BCUT2D eigenvalue weighted by molar-refractivity contribution is -0.140. The molecule has 0 aromatic rings. The minimum Gasteiger partial charge on any atom is -0.500 e. The first-order valence-corrected chi connectivity index (χ1v) is 4.28. The van der Waals surface area contributed by atoms with Crippen LogP contribution in [0.4, 0.5) is 0 Å². The van der Waals surface area contributed by atoms with Crippen molar-refractivity contribution in [3.8, 4) is 0 Å². The fourth-order valence-electron chi connectivity index (χ4n) is 0.996. The number of carbonyl (C=O) groups is 2. The average Bonchev–Trinajstić information content (AvgIpc) is 2.10. The van der Waals surface area contributed by atoms with Crippen molar-refractivity contribution in [2.75, 3.05) is 7.11 Å². The van der Waals surface area contributed by atoms with Gasteiger partial charge in [0.1, 0.15) is 5.76 Å². The van der Waals surface area contributed by atoms with Crippen molar-refractivity contribution in [3.63, 3.8) is 0 Å². The van der Waals surface area contributed by atoms with Crippen molar-refractivity contribution in [3.05, 3.63) is 11.3 Å². The van der Waals surface area contributed by atoms with E-state index < -0.39 is 17.5 Å². The van der Waals surface area contributed by atoms with E-state index in [1.165, 1.54) is 7.11 Å². The summed E-state index contributed by atoms with van der Waals surface area (Å²) in [6.45, 7) is 1.93. The Hall–Kier alpha value is -1.52. The molecule has 0 aromatic carbocycles. The molecule has 0 unspecified atom stereocenters. The van der Waals surface area contributed by atoms with E-state index in [1.807, 2.05) is 6.92 Å². The molecule has 0 spiro atoms. The van der Waals surface area contributed by atoms with Crippen molar-refractivity contribution in [1.82, 2.24) is 0 Å². The number of rotatable bonds is 6. The topological polar surface area (TPSA) is 83.8 Å². The summed E-state index contributed by atoms with van der Waals surface area (Å²) in [6.07, 6.45) is 1.88. The van der Waals surface area contributed by atoms with Crippen molar-refractivity contribution >= 4 is 11.9 Å². The highest BCUT2D eigenvalue weighted by Gasteiger charge is 2.22. The molecule has 0 aliphatic carbocycles. The number of ether oxygens (including phenoxy) is 1. The highest BCUT2D eigenvalue weighted by molar-refractivity contribution is 6.12. The second kappa shape index (κ2) is 6.01. The summed E-state index contributed by atoms with van der Waals surface area (Å²) < 4.78 is 4.76. The maximum absolute atomic E-state index is 10.6. The lowest BCUT2D eigenvalue weighted by atomic mass is 10.1. The van der Waals surface area contributed by atoms with Crippen molar-refractivity contribution in [2.24, 2.45) is 0 Å². The van der Waals surface area contributed by atoms with Crippen LogP contribution in [0.15, 0.2) is 11.3 Å². The molecule has 14 heavy (non-hydrogen) atoms. The average molecular weight is 202 g/mol. The maximum atomic E-state index is 10.6. The number of unbranched alkanes of at least 4 members (excludes halogenated alkanes) is 1. The van der Waals surface area contributed by atoms with Crippen LogP contribution in [0.5, 0.6) is 0 Å². The first kappa shape index (κ1) is 12.5. The number of carboxylic acid groups (broad SMARTS) is 2. The summed E-state index contributed by atoms with van der Waals surface area (Å²) in [4.78, 5) is 21.2. The molecule has 5 nitrogen and oxygen atoms in total. The highest BCUT2D eigenvalue weighted by atomic mass is 16.5. The van der Waals surface area contributed by atoms with E-state index in [2.05, 4.69) is 0 Å². The second-order valence-electron chi connectivity index (χ2n) is 2.72. The van der Waals surface area contributed by atoms with Gasteiger partial charge in [0.15, 0.2) is 5.57 Å². The number of carboxylic acids is 2. The van der Waals surface area contributed by atoms with Crippen LogP contribution < -0.4 is 0 Å². The first-order chi connectivity index (χ1) is 6.54. The van der Waals surface area contributed by atoms with Crippen LogP contribution in [0.1, 0.15) is 26.2 Å². The zero-order valence-electron chi connectivity index (χ0n) is 8.24. The van der Waals surface area contributed by atoms with E-state index in [1.54, 1.807) is 0 Å². The Balaban J connectivity index is 4.89. The number of hydrogen-bond donors (Lipinski definition) is 2. The maximum Gasteiger partial charge on any atom is 0.346 e. The lowest BCUT2D eigenvalue weighted by Crippen LogP contribution is -2.15. The molecule has 0 saturated carbocycles. The van der Waals surface area contributed by atoms with Gasteiger partial charge in [0, 0.05) is 6.42 Å². The molecule has 0 rings (SSSR count). The molecule has 2 N–H and O–H groups in total. The van der Waals surface area contributed by atoms with Gasteiger partial charge in [0.05, 0.1) is 7.11 Å². The molecule has 0 fully saturated rings. The summed E-state index contributed by atoms with van der Waals surface area (Å²) in [7, 11) is 1.27. The Morgan fingerprint density at radius 3 is 2.00 bits per heavy atom. The molecular weight excluding hydrogens is 188 g/mol. The minimum atomic E-state index is -1.47. The zero-order chi connectivity index (χ0) is 11.1. The zero-order valence-corrected chi connectivity index (χ0v) is 8.24. The number of allylic oxidation sites excluding steroid dienone is 1. The van der Waals surface area contributed by atoms with Crippen molar-refractivity contribution in [2.45, 2.75) is 26.2 Å². The minimum absolute atomic E-state index is 0.0202. The third-order valence-corrected chi connectivity index (χ3v) is 1.71. The summed E-state index contributed by atoms with van der Waals surface area (Å²) >= 11 is 0. The van der Waals surface area contributed by atoms with Gasteiger partial charge in [-0.05, 0) is 6.42 Å². The van der Waals surface area contributed by atoms with Crippen LogP contribution in [0.2, 0.25) is 0 Å². The van der Waals surface area contributed by atoms with E-state index in [0.29, 0.717) is 12.8 Å². The van der Waals surface area contributed by atoms with Crippen molar-refractivity contribution in [1.29, 1.82) is 0 Å².